The standard InChI is InChI=1S/C18H20N4O3/c1-22-8-6-12-9-14(3-4-16(12)22)21-17(23)13-5-7-19-15(10-13)11-20-18(24)25-2/h3-5,7,9-10H,6,8,11H2,1-2H3,(H,20,24)(H,21,23). The van der Waals surface area contributed by atoms with Crippen molar-refractivity contribution in [3.8, 4) is 0 Å². The van der Waals surface area contributed by atoms with Gasteiger partial charge in [0.1, 0.15) is 0 Å². The number of alkyl carbamates (subject to hydrolysis) is 1. The highest BCUT2D eigenvalue weighted by Crippen LogP contribution is 2.29. The second-order valence-electron chi connectivity index (χ2n) is 5.85. The van der Waals surface area contributed by atoms with Gasteiger partial charge in [-0.1, -0.05) is 0 Å². The summed E-state index contributed by atoms with van der Waals surface area (Å²) in [5, 5.41) is 5.45. The molecule has 0 fully saturated rings. The van der Waals surface area contributed by atoms with E-state index in [9.17, 15) is 9.59 Å². The third-order valence-corrected chi connectivity index (χ3v) is 4.14. The summed E-state index contributed by atoms with van der Waals surface area (Å²) in [6.45, 7) is 1.19. The average molecular weight is 340 g/mol. The topological polar surface area (TPSA) is 83.6 Å². The number of hydrogen-bond acceptors (Lipinski definition) is 5. The number of ether oxygens (including phenoxy) is 1. The van der Waals surface area contributed by atoms with E-state index in [4.69, 9.17) is 0 Å². The molecule has 2 heterocycles. The summed E-state index contributed by atoms with van der Waals surface area (Å²) in [6, 6.07) is 9.22. The number of carbonyl (C=O) groups excluding carboxylic acids is 2. The van der Waals surface area contributed by atoms with Crippen LogP contribution in [0, 0.1) is 0 Å². The van der Waals surface area contributed by atoms with Gasteiger partial charge in [-0.3, -0.25) is 9.78 Å². The molecule has 25 heavy (non-hydrogen) atoms. The molecule has 7 heteroatoms. The van der Waals surface area contributed by atoms with E-state index < -0.39 is 6.09 Å². The molecule has 2 aromatic rings. The summed E-state index contributed by atoms with van der Waals surface area (Å²) in [7, 11) is 3.35. The Morgan fingerprint density at radius 2 is 2.12 bits per heavy atom. The number of fused-ring (bicyclic) bond motifs is 1. The monoisotopic (exact) mass is 340 g/mol. The fourth-order valence-corrected chi connectivity index (χ4v) is 2.80. The van der Waals surface area contributed by atoms with Crippen LogP contribution in [0.25, 0.3) is 0 Å². The molecule has 0 aliphatic carbocycles. The second-order valence-corrected chi connectivity index (χ2v) is 5.85. The highest BCUT2D eigenvalue weighted by Gasteiger charge is 2.16. The maximum absolute atomic E-state index is 12.5. The van der Waals surface area contributed by atoms with Crippen molar-refractivity contribution in [1.29, 1.82) is 0 Å². The van der Waals surface area contributed by atoms with Gasteiger partial charge in [-0.25, -0.2) is 4.79 Å². The van der Waals surface area contributed by atoms with Crippen molar-refractivity contribution >= 4 is 23.4 Å². The highest BCUT2D eigenvalue weighted by molar-refractivity contribution is 6.04. The summed E-state index contributed by atoms with van der Waals surface area (Å²) in [5.74, 6) is -0.215. The average Bonchev–Trinajstić information content (AvgIpc) is 3.00. The van der Waals surface area contributed by atoms with Gasteiger partial charge in [0.25, 0.3) is 5.91 Å². The number of rotatable bonds is 4. The van der Waals surface area contributed by atoms with Crippen LogP contribution in [-0.4, -0.2) is 37.7 Å². The maximum atomic E-state index is 12.5. The Morgan fingerprint density at radius 3 is 2.92 bits per heavy atom. The van der Waals surface area contributed by atoms with Crippen LogP contribution in [0.4, 0.5) is 16.2 Å². The SMILES string of the molecule is COC(=O)NCc1cc(C(=O)Nc2ccc3c(c2)CCN3C)ccn1. The molecule has 7 nitrogen and oxygen atoms in total. The van der Waals surface area contributed by atoms with Crippen LogP contribution in [0.1, 0.15) is 21.6 Å². The molecule has 0 radical (unpaired) electrons. The zero-order valence-corrected chi connectivity index (χ0v) is 14.2. The van der Waals surface area contributed by atoms with Crippen LogP contribution in [0.15, 0.2) is 36.5 Å². The number of pyridine rings is 1. The third-order valence-electron chi connectivity index (χ3n) is 4.14. The van der Waals surface area contributed by atoms with Crippen molar-refractivity contribution in [3.05, 3.63) is 53.3 Å². The molecule has 1 aromatic carbocycles. The van der Waals surface area contributed by atoms with Crippen molar-refractivity contribution in [2.24, 2.45) is 0 Å². The smallest absolute Gasteiger partial charge is 0.407 e. The molecule has 1 aliphatic rings. The van der Waals surface area contributed by atoms with Gasteiger partial charge in [-0.15, -0.1) is 0 Å². The molecule has 0 saturated carbocycles. The summed E-state index contributed by atoms with van der Waals surface area (Å²) in [5.41, 5.74) is 4.27. The number of benzene rings is 1. The van der Waals surface area contributed by atoms with Gasteiger partial charge in [0.05, 0.1) is 19.3 Å². The van der Waals surface area contributed by atoms with Crippen molar-refractivity contribution in [2.45, 2.75) is 13.0 Å². The van der Waals surface area contributed by atoms with E-state index in [2.05, 4.69) is 32.3 Å². The molecule has 1 aromatic heterocycles. The molecule has 0 saturated heterocycles. The van der Waals surface area contributed by atoms with E-state index in [0.717, 1.165) is 18.7 Å². The van der Waals surface area contributed by atoms with E-state index in [0.29, 0.717) is 11.3 Å². The Kier molecular flexibility index (Phi) is 4.83. The molecule has 0 unspecified atom stereocenters. The number of nitrogens with one attached hydrogen (secondary N) is 2. The quantitative estimate of drug-likeness (QED) is 0.891. The first-order valence-corrected chi connectivity index (χ1v) is 7.99. The summed E-state index contributed by atoms with van der Waals surface area (Å²) in [4.78, 5) is 29.9. The van der Waals surface area contributed by atoms with Crippen molar-refractivity contribution < 1.29 is 14.3 Å². The molecule has 2 N–H and O–H groups in total. The van der Waals surface area contributed by atoms with Gasteiger partial charge in [0.2, 0.25) is 0 Å². The predicted octanol–water partition coefficient (Wildman–Crippen LogP) is 2.18. The Hall–Kier alpha value is -3.09. The van der Waals surface area contributed by atoms with E-state index in [1.165, 1.54) is 18.4 Å². The number of likely N-dealkylation sites (N-methyl/N-ethyl adjacent to an activating group) is 1. The van der Waals surface area contributed by atoms with Gasteiger partial charge >= 0.3 is 6.09 Å². The molecule has 3 rings (SSSR count). The summed E-state index contributed by atoms with van der Waals surface area (Å²) < 4.78 is 4.51. The highest BCUT2D eigenvalue weighted by atomic mass is 16.5. The normalized spacial score (nSPS) is 12.5. The fourth-order valence-electron chi connectivity index (χ4n) is 2.80. The molecule has 0 atom stereocenters. The minimum Gasteiger partial charge on any atom is -0.453 e. The number of methoxy groups -OCH3 is 1. The van der Waals surface area contributed by atoms with E-state index in [1.54, 1.807) is 18.3 Å². The fraction of sp³-hybridized carbons (Fsp3) is 0.278. The molecular weight excluding hydrogens is 320 g/mol. The number of anilines is 2. The van der Waals surface area contributed by atoms with Gasteiger partial charge < -0.3 is 20.3 Å². The minimum absolute atomic E-state index is 0.193. The molecule has 0 bridgehead atoms. The minimum atomic E-state index is -0.542. The lowest BCUT2D eigenvalue weighted by molar-refractivity contribution is 0.102. The van der Waals surface area contributed by atoms with Gasteiger partial charge in [0, 0.05) is 36.7 Å². The van der Waals surface area contributed by atoms with E-state index in [1.807, 2.05) is 18.2 Å². The van der Waals surface area contributed by atoms with Crippen molar-refractivity contribution in [1.82, 2.24) is 10.3 Å². The Labute approximate surface area is 146 Å². The molecular formula is C18H20N4O3. The first-order valence-electron chi connectivity index (χ1n) is 7.99. The van der Waals surface area contributed by atoms with Gasteiger partial charge in [0.15, 0.2) is 0 Å². The van der Waals surface area contributed by atoms with Gasteiger partial charge in [-0.2, -0.15) is 0 Å². The molecule has 1 aliphatic heterocycles. The summed E-state index contributed by atoms with van der Waals surface area (Å²) >= 11 is 0. The number of amides is 2. The molecule has 0 spiro atoms. The maximum Gasteiger partial charge on any atom is 0.407 e. The van der Waals surface area contributed by atoms with Crippen LogP contribution in [0.5, 0.6) is 0 Å². The van der Waals surface area contributed by atoms with Crippen molar-refractivity contribution in [2.75, 3.05) is 30.9 Å². The molecule has 2 amide bonds. The Morgan fingerprint density at radius 1 is 1.28 bits per heavy atom. The van der Waals surface area contributed by atoms with Crippen LogP contribution < -0.4 is 15.5 Å². The Bertz CT molecular complexity index is 807. The number of hydrogen-bond donors (Lipinski definition) is 2. The lowest BCUT2D eigenvalue weighted by Gasteiger charge is -2.12. The third kappa shape index (κ3) is 3.88. The van der Waals surface area contributed by atoms with Crippen LogP contribution in [0.3, 0.4) is 0 Å². The number of aromatic nitrogens is 1. The zero-order valence-electron chi connectivity index (χ0n) is 14.2. The predicted molar refractivity (Wildman–Crippen MR) is 94.9 cm³/mol. The van der Waals surface area contributed by atoms with Gasteiger partial charge in [-0.05, 0) is 42.3 Å². The first kappa shape index (κ1) is 16.8. The van der Waals surface area contributed by atoms with E-state index in [-0.39, 0.29) is 12.5 Å². The van der Waals surface area contributed by atoms with Crippen molar-refractivity contribution in [3.63, 3.8) is 0 Å². The number of carbonyl (C=O) groups is 2. The second kappa shape index (κ2) is 7.21. The Balaban J connectivity index is 1.68. The van der Waals surface area contributed by atoms with Crippen LogP contribution in [0.2, 0.25) is 0 Å². The van der Waals surface area contributed by atoms with Crippen LogP contribution >= 0.6 is 0 Å². The number of nitrogens with zero attached hydrogens (tertiary/aromatic N) is 2. The molecule has 130 valence electrons. The lowest BCUT2D eigenvalue weighted by atomic mass is 10.1. The first-order chi connectivity index (χ1) is 12.1. The zero-order chi connectivity index (χ0) is 17.8. The largest absolute Gasteiger partial charge is 0.453 e. The lowest BCUT2D eigenvalue weighted by Crippen LogP contribution is -2.23. The van der Waals surface area contributed by atoms with E-state index >= 15 is 0 Å². The summed E-state index contributed by atoms with van der Waals surface area (Å²) in [6.07, 6.45) is 1.98. The van der Waals surface area contributed by atoms with Crippen LogP contribution in [-0.2, 0) is 17.7 Å².